The van der Waals surface area contributed by atoms with Crippen molar-refractivity contribution in [3.8, 4) is 5.75 Å². The van der Waals surface area contributed by atoms with Gasteiger partial charge in [-0.05, 0) is 76.0 Å². The van der Waals surface area contributed by atoms with E-state index in [4.69, 9.17) is 27.9 Å². The van der Waals surface area contributed by atoms with Gasteiger partial charge in [-0.15, -0.1) is 0 Å². The molecule has 2 aromatic rings. The van der Waals surface area contributed by atoms with Gasteiger partial charge >= 0.3 is 17.1 Å². The van der Waals surface area contributed by atoms with Crippen molar-refractivity contribution < 1.29 is 26.6 Å². The number of hydrogen-bond donors (Lipinski definition) is 0. The van der Waals surface area contributed by atoms with Crippen LogP contribution < -0.4 is 4.74 Å². The Morgan fingerprint density at radius 3 is 2.18 bits per heavy atom. The number of ether oxygens (including phenoxy) is 1. The molecule has 4 rings (SSSR count). The Balaban J connectivity index is 0.000000408. The van der Waals surface area contributed by atoms with Crippen LogP contribution in [0.1, 0.15) is 6.23 Å². The van der Waals surface area contributed by atoms with Crippen LogP contribution in [0.4, 0.5) is 0 Å². The van der Waals surface area contributed by atoms with Crippen LogP contribution in [0.3, 0.4) is 0 Å². The van der Waals surface area contributed by atoms with Gasteiger partial charge in [0.15, 0.2) is 0 Å². The summed E-state index contributed by atoms with van der Waals surface area (Å²) in [7, 11) is 0. The predicted octanol–water partition coefficient (Wildman–Crippen LogP) is 4.16. The Hall–Kier alpha value is -1.07. The molecule has 2 fully saturated rings. The van der Waals surface area contributed by atoms with Crippen molar-refractivity contribution in [1.82, 2.24) is 14.8 Å². The molecule has 5 nitrogen and oxygen atoms in total. The van der Waals surface area contributed by atoms with Crippen molar-refractivity contribution >= 4 is 29.0 Å². The molecule has 10 radical (unpaired) electrons. The van der Waals surface area contributed by atoms with Crippen molar-refractivity contribution in [2.75, 3.05) is 0 Å². The molecular weight excluding hydrogens is 441 g/mol. The average molecular weight is 456 g/mol. The van der Waals surface area contributed by atoms with Gasteiger partial charge in [-0.3, -0.25) is 4.79 Å². The second kappa shape index (κ2) is 11.8. The third-order valence-corrected chi connectivity index (χ3v) is 4.07. The van der Waals surface area contributed by atoms with Crippen LogP contribution in [0.5, 0.6) is 5.75 Å². The molecule has 2 aliphatic carbocycles. The van der Waals surface area contributed by atoms with Gasteiger partial charge in [0, 0.05) is 5.02 Å². The number of hydrogen-bond acceptors (Lipinski definition) is 4. The van der Waals surface area contributed by atoms with Gasteiger partial charge in [0.2, 0.25) is 5.78 Å². The van der Waals surface area contributed by atoms with Gasteiger partial charge in [-0.2, -0.15) is 5.10 Å². The average Bonchev–Trinajstić information content (AvgIpc) is 3.46. The number of carbonyl (C=O) groups is 1. The molecular formula is C20H15Cl2FeN3O2+2. The van der Waals surface area contributed by atoms with Crippen molar-refractivity contribution in [2.24, 2.45) is 0 Å². The zero-order valence-electron chi connectivity index (χ0n) is 14.4. The molecule has 1 aromatic carbocycles. The zero-order valence-corrected chi connectivity index (χ0v) is 17.0. The van der Waals surface area contributed by atoms with E-state index in [0.29, 0.717) is 21.7 Å². The van der Waals surface area contributed by atoms with Gasteiger partial charge < -0.3 is 4.74 Å². The third kappa shape index (κ3) is 6.48. The summed E-state index contributed by atoms with van der Waals surface area (Å²) in [5.41, 5.74) is 0. The maximum absolute atomic E-state index is 12.6. The molecule has 0 bridgehead atoms. The second-order valence-corrected chi connectivity index (χ2v) is 6.26. The maximum Gasteiger partial charge on any atom is 2.00 e. The predicted molar refractivity (Wildman–Crippen MR) is 103 cm³/mol. The van der Waals surface area contributed by atoms with Crippen LogP contribution in [0.2, 0.25) is 10.0 Å². The first-order valence-corrected chi connectivity index (χ1v) is 8.79. The molecule has 0 amide bonds. The van der Waals surface area contributed by atoms with Crippen LogP contribution in [0, 0.1) is 63.7 Å². The molecule has 1 unspecified atom stereocenters. The topological polar surface area (TPSA) is 57.0 Å². The Kier molecular flexibility index (Phi) is 9.80. The number of rotatable bonds is 5. The Morgan fingerprint density at radius 1 is 1.00 bits per heavy atom. The first kappa shape index (κ1) is 23.2. The molecule has 0 saturated heterocycles. The first-order chi connectivity index (χ1) is 13.1. The summed E-state index contributed by atoms with van der Waals surface area (Å²) in [6.07, 6.45) is 18.7. The van der Waals surface area contributed by atoms with E-state index in [-0.39, 0.29) is 22.9 Å². The second-order valence-electron chi connectivity index (χ2n) is 5.42. The Labute approximate surface area is 186 Å². The number of Topliss-reactive ketones (excluding diaryl/α,β-unsaturated/α-hetero) is 1. The van der Waals surface area contributed by atoms with E-state index >= 15 is 0 Å². The monoisotopic (exact) mass is 455 g/mol. The molecule has 1 atom stereocenters. The fourth-order valence-corrected chi connectivity index (χ4v) is 2.71. The number of halogens is 2. The summed E-state index contributed by atoms with van der Waals surface area (Å²) < 4.78 is 7.08. The number of benzene rings is 1. The van der Waals surface area contributed by atoms with Crippen molar-refractivity contribution in [3.05, 3.63) is 105 Å². The quantitative estimate of drug-likeness (QED) is 0.635. The van der Waals surface area contributed by atoms with E-state index in [1.165, 1.54) is 17.3 Å². The molecule has 0 N–H and O–H groups in total. The minimum atomic E-state index is -0.997. The molecule has 8 heteroatoms. The molecule has 0 spiro atoms. The van der Waals surface area contributed by atoms with Gasteiger partial charge in [-0.1, -0.05) is 23.2 Å². The molecule has 28 heavy (non-hydrogen) atoms. The fourth-order valence-electron chi connectivity index (χ4n) is 2.26. The normalized spacial score (nSPS) is 17.4. The summed E-state index contributed by atoms with van der Waals surface area (Å²) >= 11 is 12.0. The zero-order chi connectivity index (χ0) is 19.1. The summed E-state index contributed by atoms with van der Waals surface area (Å²) in [5.74, 6) is 0.610. The summed E-state index contributed by atoms with van der Waals surface area (Å²) in [4.78, 5) is 16.5. The van der Waals surface area contributed by atoms with Crippen LogP contribution in [0.25, 0.3) is 0 Å². The molecule has 1 heterocycles. The summed E-state index contributed by atoms with van der Waals surface area (Å²) in [5, 5.41) is 4.78. The summed E-state index contributed by atoms with van der Waals surface area (Å²) in [6, 6.07) is 4.78. The van der Waals surface area contributed by atoms with Gasteiger partial charge in [0.25, 0.3) is 6.23 Å². The third-order valence-electron chi connectivity index (χ3n) is 3.54. The molecule has 2 saturated carbocycles. The van der Waals surface area contributed by atoms with E-state index in [1.54, 1.807) is 43.9 Å². The molecule has 0 aliphatic heterocycles. The number of aromatic nitrogens is 3. The van der Waals surface area contributed by atoms with E-state index in [0.717, 1.165) is 0 Å². The SMILES string of the molecule is O=C([C]1[CH][CH][CH][CH]1)C(Oc1ccc(Cl)cc1Cl)n1cncn1.[CH]1[CH][CH][CH][CH]1.[Fe+2]. The Morgan fingerprint density at radius 2 is 1.64 bits per heavy atom. The first-order valence-electron chi connectivity index (χ1n) is 8.03. The standard InChI is InChI=1S/C15H10Cl2N3O2.C5H5.Fe/c16-11-5-6-13(12(17)7-11)22-15(20-9-18-8-19-20)14(21)10-3-1-2-4-10;1-2-4-5-3-1;/h1-9,15H;1-5H;/q;;+2. The minimum Gasteiger partial charge on any atom is -0.460 e. The van der Waals surface area contributed by atoms with Gasteiger partial charge in [0.05, 0.1) is 10.9 Å². The number of ketones is 1. The smallest absolute Gasteiger partial charge is 0.460 e. The fraction of sp³-hybridized carbons (Fsp3) is 0.0500. The molecule has 2 aliphatic rings. The maximum atomic E-state index is 12.6. The van der Waals surface area contributed by atoms with Gasteiger partial charge in [-0.25, -0.2) is 9.67 Å². The van der Waals surface area contributed by atoms with Crippen molar-refractivity contribution in [1.29, 1.82) is 0 Å². The van der Waals surface area contributed by atoms with E-state index < -0.39 is 6.23 Å². The summed E-state index contributed by atoms with van der Waals surface area (Å²) in [6.45, 7) is 0. The van der Waals surface area contributed by atoms with Crippen LogP contribution in [-0.4, -0.2) is 20.5 Å². The van der Waals surface area contributed by atoms with Crippen LogP contribution in [0.15, 0.2) is 30.9 Å². The van der Waals surface area contributed by atoms with Crippen molar-refractivity contribution in [2.45, 2.75) is 6.23 Å². The van der Waals surface area contributed by atoms with Crippen LogP contribution in [-0.2, 0) is 21.9 Å². The van der Waals surface area contributed by atoms with Gasteiger partial charge in [0.1, 0.15) is 18.4 Å². The van der Waals surface area contributed by atoms with E-state index in [9.17, 15) is 4.79 Å². The number of nitrogens with zero attached hydrogens (tertiary/aromatic N) is 3. The largest absolute Gasteiger partial charge is 2.00 e. The Bertz CT molecular complexity index is 725. The minimum absolute atomic E-state index is 0. The number of carbonyl (C=O) groups excluding carboxylic acids is 1. The molecule has 1 aromatic heterocycles. The van der Waals surface area contributed by atoms with Crippen LogP contribution >= 0.6 is 23.2 Å². The molecule has 142 valence electrons. The van der Waals surface area contributed by atoms with Crippen molar-refractivity contribution in [3.63, 3.8) is 0 Å². The van der Waals surface area contributed by atoms with E-state index in [1.807, 2.05) is 32.1 Å². The van der Waals surface area contributed by atoms with E-state index in [2.05, 4.69) is 10.1 Å².